The van der Waals surface area contributed by atoms with Gasteiger partial charge in [-0.15, -0.1) is 0 Å². The lowest BCUT2D eigenvalue weighted by atomic mass is 10.2. The first kappa shape index (κ1) is 29.4. The van der Waals surface area contributed by atoms with Crippen LogP contribution in [-0.4, -0.2) is 41.5 Å². The summed E-state index contributed by atoms with van der Waals surface area (Å²) in [5.74, 6) is 0.979. The van der Waals surface area contributed by atoms with Crippen molar-refractivity contribution in [1.29, 1.82) is 0 Å². The Hall–Kier alpha value is 0.431. The molecule has 1 unspecified atom stereocenters. The summed E-state index contributed by atoms with van der Waals surface area (Å²) in [7, 11) is -5.37. The molecule has 0 aromatic heterocycles. The topological polar surface area (TPSA) is 38.3 Å². The lowest BCUT2D eigenvalue weighted by molar-refractivity contribution is -0.137. The van der Waals surface area contributed by atoms with E-state index in [0.717, 1.165) is 12.2 Å². The number of hydrogen-bond donors (Lipinski definition) is 1. The highest BCUT2D eigenvalue weighted by atomic mass is 32.4. The van der Waals surface area contributed by atoms with Gasteiger partial charge >= 0.3 is 5.97 Å². The molecule has 0 fully saturated rings. The highest BCUT2D eigenvalue weighted by Gasteiger charge is 2.44. The van der Waals surface area contributed by atoms with Gasteiger partial charge in [0.1, 0.15) is 15.5 Å². The number of carbonyl (C=O) groups excluding carboxylic acids is 1. The summed E-state index contributed by atoms with van der Waals surface area (Å²) >= 11 is 2.11. The summed E-state index contributed by atoms with van der Waals surface area (Å²) in [6.07, 6.45) is 0.844. The van der Waals surface area contributed by atoms with Gasteiger partial charge in [-0.25, -0.2) is 0 Å². The van der Waals surface area contributed by atoms with Gasteiger partial charge in [0, 0.05) is 0 Å². The Morgan fingerprint density at radius 2 is 1.28 bits per heavy atom. The Labute approximate surface area is 189 Å². The number of rotatable bonds is 8. The maximum Gasteiger partial charge on any atom is 0.309 e. The van der Waals surface area contributed by atoms with Crippen LogP contribution in [-0.2, 0) is 9.22 Å². The minimum atomic E-state index is -2.13. The fourth-order valence-corrected chi connectivity index (χ4v) is 9.02. The third-order valence-corrected chi connectivity index (χ3v) is 26.1. The monoisotopic (exact) mass is 477 g/mol. The van der Waals surface area contributed by atoms with Crippen LogP contribution in [0, 0.1) is 0 Å². The summed E-state index contributed by atoms with van der Waals surface area (Å²) in [4.78, 5) is 17.2. The Kier molecular flexibility index (Phi) is 9.65. The molecule has 1 atom stereocenters. The highest BCUT2D eigenvalue weighted by Crippen LogP contribution is 2.44. The van der Waals surface area contributed by atoms with E-state index < -0.39 is 23.8 Å². The lowest BCUT2D eigenvalue weighted by Crippen LogP contribution is -2.60. The first-order valence-electron chi connectivity index (χ1n) is 11.1. The standard InChI is InChI=1S/C22H51NO2SSi3/c1-20(2,3)27(10,11)23-18(16-17-26-29(14,15)22(7,8)9)19(24)25-28(12,13)21(4,5)6/h18,23H,16-17H2,1-15H3. The first-order valence-corrected chi connectivity index (χ1v) is 21.7. The van der Waals surface area contributed by atoms with Crippen LogP contribution in [0.2, 0.25) is 54.4 Å². The van der Waals surface area contributed by atoms with Crippen LogP contribution in [0.3, 0.4) is 0 Å². The van der Waals surface area contributed by atoms with Crippen LogP contribution < -0.4 is 4.98 Å². The van der Waals surface area contributed by atoms with Crippen molar-refractivity contribution in [2.45, 2.75) is 129 Å². The van der Waals surface area contributed by atoms with Crippen LogP contribution >= 0.6 is 11.2 Å². The molecule has 29 heavy (non-hydrogen) atoms. The zero-order chi connectivity index (χ0) is 23.7. The molecule has 0 saturated heterocycles. The van der Waals surface area contributed by atoms with Gasteiger partial charge in [0.15, 0.2) is 0 Å². The van der Waals surface area contributed by atoms with E-state index in [0.29, 0.717) is 5.04 Å². The van der Waals surface area contributed by atoms with Gasteiger partial charge in [0.2, 0.25) is 0 Å². The van der Waals surface area contributed by atoms with E-state index in [4.69, 9.17) is 4.43 Å². The number of hydrogen-bond acceptors (Lipinski definition) is 4. The largest absolute Gasteiger partial charge is 0.518 e. The lowest BCUT2D eigenvalue weighted by Gasteiger charge is -2.42. The Morgan fingerprint density at radius 1 is 0.828 bits per heavy atom. The van der Waals surface area contributed by atoms with E-state index in [1.54, 1.807) is 0 Å². The molecule has 0 aliphatic heterocycles. The van der Waals surface area contributed by atoms with E-state index in [1.165, 1.54) is 0 Å². The molecule has 0 rings (SSSR count). The number of carbonyl (C=O) groups is 1. The smallest absolute Gasteiger partial charge is 0.309 e. The minimum Gasteiger partial charge on any atom is -0.518 e. The first-order chi connectivity index (χ1) is 12.4. The highest BCUT2D eigenvalue weighted by molar-refractivity contribution is 8.29. The summed E-state index contributed by atoms with van der Waals surface area (Å²) in [5, 5.41) is 0.552. The molecule has 7 heteroatoms. The summed E-state index contributed by atoms with van der Waals surface area (Å²) in [5.41, 5.74) is 0. The molecule has 3 nitrogen and oxygen atoms in total. The second-order valence-corrected chi connectivity index (χ2v) is 32.1. The van der Waals surface area contributed by atoms with Gasteiger partial charge in [-0.1, -0.05) is 88.5 Å². The molecule has 0 aliphatic rings. The third kappa shape index (κ3) is 8.47. The SMILES string of the molecule is CC(C)(C)[Si](C)(C)NC(CCS[Si](C)(C)C(C)(C)C)C(=O)O[Si](C)(C)C(C)(C)C. The van der Waals surface area contributed by atoms with Gasteiger partial charge in [-0.05, 0) is 40.4 Å². The molecule has 174 valence electrons. The van der Waals surface area contributed by atoms with Crippen molar-refractivity contribution in [1.82, 2.24) is 4.98 Å². The average molecular weight is 478 g/mol. The van der Waals surface area contributed by atoms with E-state index in [-0.39, 0.29) is 22.1 Å². The molecule has 0 bridgehead atoms. The van der Waals surface area contributed by atoms with Crippen molar-refractivity contribution in [3.63, 3.8) is 0 Å². The summed E-state index contributed by atoms with van der Waals surface area (Å²) in [6, 6.07) is -0.206. The Bertz CT molecular complexity index is 556. The van der Waals surface area contributed by atoms with Crippen molar-refractivity contribution in [2.75, 3.05) is 5.75 Å². The molecular formula is C22H51NO2SSi3. The molecule has 0 heterocycles. The van der Waals surface area contributed by atoms with Crippen LogP contribution in [0.15, 0.2) is 0 Å². The molecule has 0 aromatic carbocycles. The predicted molar refractivity (Wildman–Crippen MR) is 142 cm³/mol. The van der Waals surface area contributed by atoms with Crippen LogP contribution in [0.25, 0.3) is 0 Å². The Balaban J connectivity index is 5.50. The third-order valence-electron chi connectivity index (χ3n) is 7.53. The molecule has 0 saturated carbocycles. The Morgan fingerprint density at radius 3 is 1.62 bits per heavy atom. The van der Waals surface area contributed by atoms with Crippen molar-refractivity contribution in [3.8, 4) is 0 Å². The average Bonchev–Trinajstić information content (AvgIpc) is 2.41. The maximum absolute atomic E-state index is 13.3. The zero-order valence-corrected chi connectivity index (χ0v) is 26.0. The molecular weight excluding hydrogens is 427 g/mol. The van der Waals surface area contributed by atoms with E-state index in [1.807, 2.05) is 0 Å². The second kappa shape index (κ2) is 9.51. The normalized spacial score (nSPS) is 16.0. The summed E-state index contributed by atoms with van der Waals surface area (Å²) in [6.45, 7) is 34.4. The predicted octanol–water partition coefficient (Wildman–Crippen LogP) is 7.63. The van der Waals surface area contributed by atoms with Crippen molar-refractivity contribution >= 4 is 41.0 Å². The molecule has 0 radical (unpaired) electrons. The van der Waals surface area contributed by atoms with Crippen LogP contribution in [0.5, 0.6) is 0 Å². The van der Waals surface area contributed by atoms with E-state index in [2.05, 4.69) is 118 Å². The number of nitrogens with one attached hydrogen (secondary N) is 1. The van der Waals surface area contributed by atoms with Crippen molar-refractivity contribution in [2.24, 2.45) is 0 Å². The quantitative estimate of drug-likeness (QED) is 0.365. The van der Waals surface area contributed by atoms with Gasteiger partial charge in [-0.3, -0.25) is 4.79 Å². The minimum absolute atomic E-state index is 0.0279. The molecule has 0 aromatic rings. The second-order valence-electron chi connectivity index (χ2n) is 13.2. The van der Waals surface area contributed by atoms with Gasteiger partial charge in [-0.2, -0.15) is 11.2 Å². The molecule has 0 amide bonds. The van der Waals surface area contributed by atoms with E-state index in [9.17, 15) is 4.79 Å². The summed E-state index contributed by atoms with van der Waals surface area (Å²) < 4.78 is 6.23. The van der Waals surface area contributed by atoms with Crippen LogP contribution in [0.4, 0.5) is 0 Å². The van der Waals surface area contributed by atoms with Crippen molar-refractivity contribution in [3.05, 3.63) is 0 Å². The van der Waals surface area contributed by atoms with Gasteiger partial charge in [0.25, 0.3) is 8.32 Å². The fourth-order valence-electron chi connectivity index (χ4n) is 2.03. The van der Waals surface area contributed by atoms with Gasteiger partial charge in [0.05, 0.1) is 6.04 Å². The molecule has 0 spiro atoms. The maximum atomic E-state index is 13.3. The van der Waals surface area contributed by atoms with Crippen LogP contribution in [0.1, 0.15) is 68.7 Å². The molecule has 0 aliphatic carbocycles. The zero-order valence-electron chi connectivity index (χ0n) is 22.2. The van der Waals surface area contributed by atoms with Gasteiger partial charge < -0.3 is 9.41 Å². The molecule has 1 N–H and O–H groups in total. The fraction of sp³-hybridized carbons (Fsp3) is 0.955. The van der Waals surface area contributed by atoms with Crippen molar-refractivity contribution < 1.29 is 9.22 Å². The van der Waals surface area contributed by atoms with E-state index >= 15 is 0 Å².